The molecule has 0 aromatic carbocycles. The SMILES string of the molecule is O=C(O)C1(C(F)(F)F)CCN(C(c2cccs2)C2CC2)C1. The van der Waals surface area contributed by atoms with Crippen molar-refractivity contribution in [1.82, 2.24) is 4.90 Å². The van der Waals surface area contributed by atoms with Gasteiger partial charge in [-0.2, -0.15) is 13.2 Å². The number of carboxylic acids is 1. The van der Waals surface area contributed by atoms with Crippen LogP contribution in [0.4, 0.5) is 13.2 Å². The van der Waals surface area contributed by atoms with Crippen molar-refractivity contribution in [3.05, 3.63) is 22.4 Å². The number of likely N-dealkylation sites (tertiary alicyclic amines) is 1. The van der Waals surface area contributed by atoms with Gasteiger partial charge in [0, 0.05) is 24.0 Å². The van der Waals surface area contributed by atoms with Crippen LogP contribution in [0.25, 0.3) is 0 Å². The largest absolute Gasteiger partial charge is 0.481 e. The quantitative estimate of drug-likeness (QED) is 0.923. The second-order valence-electron chi connectivity index (χ2n) is 5.90. The van der Waals surface area contributed by atoms with Crippen LogP contribution < -0.4 is 0 Å². The Kier molecular flexibility index (Phi) is 3.52. The summed E-state index contributed by atoms with van der Waals surface area (Å²) in [7, 11) is 0. The van der Waals surface area contributed by atoms with Crippen molar-refractivity contribution in [2.45, 2.75) is 31.5 Å². The van der Waals surface area contributed by atoms with E-state index in [1.165, 1.54) is 11.3 Å². The molecule has 116 valence electrons. The Hall–Kier alpha value is -1.08. The number of aliphatic carboxylic acids is 1. The van der Waals surface area contributed by atoms with Gasteiger partial charge in [-0.1, -0.05) is 6.07 Å². The van der Waals surface area contributed by atoms with Gasteiger partial charge in [-0.3, -0.25) is 9.69 Å². The summed E-state index contributed by atoms with van der Waals surface area (Å²) >= 11 is 1.53. The Balaban J connectivity index is 1.86. The molecule has 3 rings (SSSR count). The molecule has 0 spiro atoms. The summed E-state index contributed by atoms with van der Waals surface area (Å²) in [5, 5.41) is 11.1. The van der Waals surface area contributed by atoms with Crippen molar-refractivity contribution < 1.29 is 23.1 Å². The fraction of sp³-hybridized carbons (Fsp3) is 0.643. The van der Waals surface area contributed by atoms with Crippen LogP contribution in [-0.2, 0) is 4.79 Å². The van der Waals surface area contributed by atoms with Crippen molar-refractivity contribution in [2.24, 2.45) is 11.3 Å². The number of hydrogen-bond acceptors (Lipinski definition) is 3. The van der Waals surface area contributed by atoms with Crippen LogP contribution in [0.3, 0.4) is 0 Å². The minimum absolute atomic E-state index is 0.0615. The summed E-state index contributed by atoms with van der Waals surface area (Å²) in [6.45, 7) is -0.254. The fourth-order valence-corrected chi connectivity index (χ4v) is 4.14. The Morgan fingerprint density at radius 1 is 1.48 bits per heavy atom. The Morgan fingerprint density at radius 2 is 2.19 bits per heavy atom. The lowest BCUT2D eigenvalue weighted by Crippen LogP contribution is -2.47. The number of carbonyl (C=O) groups is 1. The average Bonchev–Trinajstić information content (AvgIpc) is 2.91. The number of hydrogen-bond donors (Lipinski definition) is 1. The maximum absolute atomic E-state index is 13.3. The highest BCUT2D eigenvalue weighted by molar-refractivity contribution is 7.10. The highest BCUT2D eigenvalue weighted by atomic mass is 32.1. The van der Waals surface area contributed by atoms with Gasteiger partial charge in [0.2, 0.25) is 0 Å². The number of halogens is 3. The monoisotopic (exact) mass is 319 g/mol. The van der Waals surface area contributed by atoms with Gasteiger partial charge in [0.05, 0.1) is 0 Å². The standard InChI is InChI=1S/C14H16F3NO2S/c15-14(16,17)13(12(19)20)5-6-18(8-13)11(9-3-4-9)10-2-1-7-21-10/h1-2,7,9,11H,3-6,8H2,(H,19,20). The predicted octanol–water partition coefficient (Wildman–Crippen LogP) is 3.54. The highest BCUT2D eigenvalue weighted by Gasteiger charge is 2.64. The molecular formula is C14H16F3NO2S. The van der Waals surface area contributed by atoms with E-state index in [9.17, 15) is 18.0 Å². The maximum Gasteiger partial charge on any atom is 0.406 e. The molecule has 1 aliphatic carbocycles. The normalized spacial score (nSPS) is 28.7. The van der Waals surface area contributed by atoms with E-state index in [-0.39, 0.29) is 19.0 Å². The molecule has 1 saturated carbocycles. The third-order valence-corrected chi connectivity index (χ3v) is 5.49. The Labute approximate surface area is 124 Å². The average molecular weight is 319 g/mol. The summed E-state index contributed by atoms with van der Waals surface area (Å²) in [6, 6.07) is 3.76. The predicted molar refractivity (Wildman–Crippen MR) is 72.1 cm³/mol. The van der Waals surface area contributed by atoms with Crippen LogP contribution in [0, 0.1) is 11.3 Å². The zero-order valence-corrected chi connectivity index (χ0v) is 12.1. The molecule has 3 nitrogen and oxygen atoms in total. The van der Waals surface area contributed by atoms with Crippen LogP contribution in [-0.4, -0.2) is 35.2 Å². The van der Waals surface area contributed by atoms with E-state index in [2.05, 4.69) is 0 Å². The molecular weight excluding hydrogens is 303 g/mol. The molecule has 7 heteroatoms. The van der Waals surface area contributed by atoms with Crippen LogP contribution in [0.1, 0.15) is 30.2 Å². The number of thiophene rings is 1. The molecule has 2 atom stereocenters. The van der Waals surface area contributed by atoms with E-state index in [4.69, 9.17) is 5.11 Å². The van der Waals surface area contributed by atoms with Gasteiger partial charge in [0.15, 0.2) is 5.41 Å². The summed E-state index contributed by atoms with van der Waals surface area (Å²) in [5.74, 6) is -1.39. The number of alkyl halides is 3. The van der Waals surface area contributed by atoms with Crippen molar-refractivity contribution in [3.63, 3.8) is 0 Å². The van der Waals surface area contributed by atoms with Crippen molar-refractivity contribution in [2.75, 3.05) is 13.1 Å². The lowest BCUT2D eigenvalue weighted by molar-refractivity contribution is -0.228. The van der Waals surface area contributed by atoms with E-state index < -0.39 is 24.1 Å². The fourth-order valence-electron chi connectivity index (χ4n) is 3.19. The molecule has 0 bridgehead atoms. The molecule has 1 aliphatic heterocycles. The van der Waals surface area contributed by atoms with Gasteiger partial charge in [-0.25, -0.2) is 0 Å². The Morgan fingerprint density at radius 3 is 2.62 bits per heavy atom. The molecule has 21 heavy (non-hydrogen) atoms. The Bertz CT molecular complexity index is 527. The van der Waals surface area contributed by atoms with Crippen LogP contribution >= 0.6 is 11.3 Å². The van der Waals surface area contributed by atoms with E-state index in [0.29, 0.717) is 5.92 Å². The van der Waals surface area contributed by atoms with E-state index in [1.807, 2.05) is 17.5 Å². The molecule has 2 unspecified atom stereocenters. The molecule has 1 aromatic rings. The third kappa shape index (κ3) is 2.46. The lowest BCUT2D eigenvalue weighted by atomic mass is 9.86. The topological polar surface area (TPSA) is 40.5 Å². The summed E-state index contributed by atoms with van der Waals surface area (Å²) in [4.78, 5) is 14.0. The molecule has 1 saturated heterocycles. The first-order valence-corrected chi connectivity index (χ1v) is 7.81. The van der Waals surface area contributed by atoms with Crippen LogP contribution in [0.5, 0.6) is 0 Å². The van der Waals surface area contributed by atoms with Crippen LogP contribution in [0.2, 0.25) is 0 Å². The van der Waals surface area contributed by atoms with E-state index >= 15 is 0 Å². The van der Waals surface area contributed by atoms with Crippen molar-refractivity contribution in [3.8, 4) is 0 Å². The lowest BCUT2D eigenvalue weighted by Gasteiger charge is -2.31. The molecule has 2 heterocycles. The van der Waals surface area contributed by atoms with Gasteiger partial charge in [-0.05, 0) is 36.6 Å². The smallest absolute Gasteiger partial charge is 0.406 e. The molecule has 2 fully saturated rings. The van der Waals surface area contributed by atoms with Gasteiger partial charge < -0.3 is 5.11 Å². The number of carboxylic acid groups (broad SMARTS) is 1. The van der Waals surface area contributed by atoms with Crippen molar-refractivity contribution >= 4 is 17.3 Å². The van der Waals surface area contributed by atoms with Gasteiger partial charge in [-0.15, -0.1) is 11.3 Å². The zero-order valence-electron chi connectivity index (χ0n) is 11.3. The van der Waals surface area contributed by atoms with E-state index in [0.717, 1.165) is 17.7 Å². The maximum atomic E-state index is 13.3. The second-order valence-corrected chi connectivity index (χ2v) is 6.88. The first-order chi connectivity index (χ1) is 9.85. The molecule has 0 radical (unpaired) electrons. The zero-order chi connectivity index (χ0) is 15.3. The molecule has 1 aromatic heterocycles. The van der Waals surface area contributed by atoms with Gasteiger partial charge in [0.25, 0.3) is 0 Å². The van der Waals surface area contributed by atoms with Gasteiger partial charge in [0.1, 0.15) is 0 Å². The third-order valence-electron chi connectivity index (χ3n) is 4.55. The first kappa shape index (κ1) is 14.8. The molecule has 2 aliphatic rings. The first-order valence-electron chi connectivity index (χ1n) is 6.93. The number of nitrogens with zero attached hydrogens (tertiary/aromatic N) is 1. The van der Waals surface area contributed by atoms with Crippen LogP contribution in [0.15, 0.2) is 17.5 Å². The van der Waals surface area contributed by atoms with Gasteiger partial charge >= 0.3 is 12.1 Å². The molecule has 0 amide bonds. The number of rotatable bonds is 4. The summed E-state index contributed by atoms with van der Waals surface area (Å²) in [6.07, 6.45) is -3.06. The summed E-state index contributed by atoms with van der Waals surface area (Å²) in [5.41, 5.74) is -2.61. The summed E-state index contributed by atoms with van der Waals surface area (Å²) < 4.78 is 39.8. The minimum Gasteiger partial charge on any atom is -0.481 e. The van der Waals surface area contributed by atoms with E-state index in [1.54, 1.807) is 4.90 Å². The van der Waals surface area contributed by atoms with Crippen molar-refractivity contribution in [1.29, 1.82) is 0 Å². The second kappa shape index (κ2) is 4.98. The molecule has 1 N–H and O–H groups in total. The highest BCUT2D eigenvalue weighted by Crippen LogP contribution is 2.52. The minimum atomic E-state index is -4.71.